The maximum absolute atomic E-state index is 12.6. The van der Waals surface area contributed by atoms with Gasteiger partial charge in [-0.25, -0.2) is 0 Å². The van der Waals surface area contributed by atoms with E-state index in [2.05, 4.69) is 5.32 Å². The van der Waals surface area contributed by atoms with Gasteiger partial charge in [0.05, 0.1) is 5.56 Å². The summed E-state index contributed by atoms with van der Waals surface area (Å²) in [6, 6.07) is 12.8. The maximum Gasteiger partial charge on any atom is 0.416 e. The highest BCUT2D eigenvalue weighted by Gasteiger charge is 2.30. The molecule has 26 heavy (non-hydrogen) atoms. The monoisotopic (exact) mass is 364 g/mol. The van der Waals surface area contributed by atoms with Crippen molar-refractivity contribution in [2.45, 2.75) is 31.5 Å². The van der Waals surface area contributed by atoms with Crippen LogP contribution in [0.15, 0.2) is 54.6 Å². The lowest BCUT2D eigenvalue weighted by Crippen LogP contribution is -2.45. The number of amides is 2. The van der Waals surface area contributed by atoms with Crippen molar-refractivity contribution in [2.75, 3.05) is 0 Å². The van der Waals surface area contributed by atoms with E-state index >= 15 is 0 Å². The first-order valence-corrected chi connectivity index (χ1v) is 8.04. The SMILES string of the molecule is NC(=O)[C@@H](Cc1ccc(C(F)(F)F)cc1)NC(=O)CCc1ccccc1. The van der Waals surface area contributed by atoms with Gasteiger partial charge in [0.15, 0.2) is 0 Å². The van der Waals surface area contributed by atoms with Crippen LogP contribution in [-0.2, 0) is 28.6 Å². The minimum atomic E-state index is -4.42. The fraction of sp³-hybridized carbons (Fsp3) is 0.263. The fourth-order valence-corrected chi connectivity index (χ4v) is 2.46. The predicted octanol–water partition coefficient (Wildman–Crippen LogP) is 2.85. The number of aryl methyl sites for hydroxylation is 1. The van der Waals surface area contributed by atoms with E-state index in [1.54, 1.807) is 0 Å². The van der Waals surface area contributed by atoms with Crippen molar-refractivity contribution in [3.8, 4) is 0 Å². The van der Waals surface area contributed by atoms with Crippen molar-refractivity contribution in [1.29, 1.82) is 0 Å². The number of halogens is 3. The van der Waals surface area contributed by atoms with Gasteiger partial charge in [-0.2, -0.15) is 13.2 Å². The molecule has 7 heteroatoms. The molecular formula is C19H19F3N2O2. The average Bonchev–Trinajstić information content (AvgIpc) is 2.60. The summed E-state index contributed by atoms with van der Waals surface area (Å²) in [7, 11) is 0. The molecular weight excluding hydrogens is 345 g/mol. The Morgan fingerprint density at radius 1 is 0.962 bits per heavy atom. The zero-order valence-electron chi connectivity index (χ0n) is 13.9. The largest absolute Gasteiger partial charge is 0.416 e. The molecule has 2 aromatic rings. The first-order valence-electron chi connectivity index (χ1n) is 8.04. The summed E-state index contributed by atoms with van der Waals surface area (Å²) in [6.07, 6.45) is -3.70. The number of benzene rings is 2. The van der Waals surface area contributed by atoms with E-state index in [9.17, 15) is 22.8 Å². The number of hydrogen-bond donors (Lipinski definition) is 2. The molecule has 2 rings (SSSR count). The molecule has 0 saturated heterocycles. The molecule has 0 bridgehead atoms. The van der Waals surface area contributed by atoms with Gasteiger partial charge in [-0.3, -0.25) is 9.59 Å². The maximum atomic E-state index is 12.6. The van der Waals surface area contributed by atoms with Gasteiger partial charge in [-0.05, 0) is 29.7 Å². The van der Waals surface area contributed by atoms with Gasteiger partial charge in [0.2, 0.25) is 11.8 Å². The lowest BCUT2D eigenvalue weighted by Gasteiger charge is -2.16. The number of nitrogens with one attached hydrogen (secondary N) is 1. The van der Waals surface area contributed by atoms with Crippen LogP contribution >= 0.6 is 0 Å². The van der Waals surface area contributed by atoms with E-state index in [0.717, 1.165) is 17.7 Å². The molecule has 1 atom stereocenters. The summed E-state index contributed by atoms with van der Waals surface area (Å²) >= 11 is 0. The Labute approximate surface area is 149 Å². The van der Waals surface area contributed by atoms with Crippen molar-refractivity contribution in [3.63, 3.8) is 0 Å². The quantitative estimate of drug-likeness (QED) is 0.793. The van der Waals surface area contributed by atoms with Crippen LogP contribution in [0.4, 0.5) is 13.2 Å². The third-order valence-electron chi connectivity index (χ3n) is 3.88. The minimum Gasteiger partial charge on any atom is -0.368 e. The van der Waals surface area contributed by atoms with E-state index in [4.69, 9.17) is 5.73 Å². The summed E-state index contributed by atoms with van der Waals surface area (Å²) < 4.78 is 37.7. The normalized spacial score (nSPS) is 12.4. The smallest absolute Gasteiger partial charge is 0.368 e. The number of rotatable bonds is 7. The molecule has 0 aliphatic carbocycles. The molecule has 2 aromatic carbocycles. The van der Waals surface area contributed by atoms with Gasteiger partial charge in [0.1, 0.15) is 6.04 Å². The highest BCUT2D eigenvalue weighted by Crippen LogP contribution is 2.29. The highest BCUT2D eigenvalue weighted by atomic mass is 19.4. The Bertz CT molecular complexity index is 744. The van der Waals surface area contributed by atoms with Gasteiger partial charge >= 0.3 is 6.18 Å². The van der Waals surface area contributed by atoms with Gasteiger partial charge < -0.3 is 11.1 Å². The van der Waals surface area contributed by atoms with Crippen molar-refractivity contribution in [2.24, 2.45) is 5.73 Å². The minimum absolute atomic E-state index is 0.0323. The van der Waals surface area contributed by atoms with Crippen LogP contribution in [-0.4, -0.2) is 17.9 Å². The Morgan fingerprint density at radius 2 is 1.58 bits per heavy atom. The number of primary amides is 1. The third kappa shape index (κ3) is 5.91. The molecule has 0 heterocycles. The van der Waals surface area contributed by atoms with Crippen molar-refractivity contribution < 1.29 is 22.8 Å². The van der Waals surface area contributed by atoms with E-state index in [0.29, 0.717) is 12.0 Å². The molecule has 0 spiro atoms. The molecule has 0 aliphatic rings. The molecule has 0 aromatic heterocycles. The standard InChI is InChI=1S/C19H19F3N2O2/c20-19(21,22)15-9-6-14(7-10-15)12-16(18(23)26)24-17(25)11-8-13-4-2-1-3-5-13/h1-7,9-10,16H,8,11-12H2,(H2,23,26)(H,24,25)/t16-/m1/s1. The molecule has 138 valence electrons. The van der Waals surface area contributed by atoms with Crippen LogP contribution in [0.1, 0.15) is 23.1 Å². The molecule has 0 fully saturated rings. The molecule has 0 unspecified atom stereocenters. The van der Waals surface area contributed by atoms with E-state index < -0.39 is 23.7 Å². The van der Waals surface area contributed by atoms with Crippen LogP contribution in [0.2, 0.25) is 0 Å². The first-order chi connectivity index (χ1) is 12.3. The highest BCUT2D eigenvalue weighted by molar-refractivity contribution is 5.86. The van der Waals surface area contributed by atoms with E-state index in [1.165, 1.54) is 12.1 Å². The van der Waals surface area contributed by atoms with Crippen molar-refractivity contribution in [3.05, 3.63) is 71.3 Å². The summed E-state index contributed by atoms with van der Waals surface area (Å²) in [4.78, 5) is 23.6. The number of carbonyl (C=O) groups excluding carboxylic acids is 2. The third-order valence-corrected chi connectivity index (χ3v) is 3.88. The lowest BCUT2D eigenvalue weighted by molar-refractivity contribution is -0.137. The predicted molar refractivity (Wildman–Crippen MR) is 91.0 cm³/mol. The first kappa shape index (κ1) is 19.5. The summed E-state index contributed by atoms with van der Waals surface area (Å²) in [5, 5.41) is 2.54. The van der Waals surface area contributed by atoms with Gasteiger partial charge in [-0.1, -0.05) is 42.5 Å². The lowest BCUT2D eigenvalue weighted by atomic mass is 10.0. The average molecular weight is 364 g/mol. The molecule has 3 N–H and O–H groups in total. The zero-order chi connectivity index (χ0) is 19.2. The Morgan fingerprint density at radius 3 is 2.12 bits per heavy atom. The summed E-state index contributed by atoms with van der Waals surface area (Å²) in [5.41, 5.74) is 6.00. The molecule has 4 nitrogen and oxygen atoms in total. The molecule has 0 saturated carbocycles. The summed E-state index contributed by atoms with van der Waals surface area (Å²) in [6.45, 7) is 0. The number of carbonyl (C=O) groups is 2. The van der Waals surface area contributed by atoms with Crippen LogP contribution in [0.3, 0.4) is 0 Å². The zero-order valence-corrected chi connectivity index (χ0v) is 13.9. The second-order valence-corrected chi connectivity index (χ2v) is 5.91. The van der Waals surface area contributed by atoms with E-state index in [-0.39, 0.29) is 18.7 Å². The second-order valence-electron chi connectivity index (χ2n) is 5.91. The van der Waals surface area contributed by atoms with Crippen LogP contribution in [0.25, 0.3) is 0 Å². The molecule has 0 radical (unpaired) electrons. The molecule has 2 amide bonds. The number of alkyl halides is 3. The Balaban J connectivity index is 1.93. The number of hydrogen-bond acceptors (Lipinski definition) is 2. The second kappa shape index (κ2) is 8.51. The topological polar surface area (TPSA) is 72.2 Å². The summed E-state index contributed by atoms with van der Waals surface area (Å²) in [5.74, 6) is -1.08. The van der Waals surface area contributed by atoms with Gasteiger partial charge in [-0.15, -0.1) is 0 Å². The van der Waals surface area contributed by atoms with Crippen molar-refractivity contribution >= 4 is 11.8 Å². The van der Waals surface area contributed by atoms with Crippen molar-refractivity contribution in [1.82, 2.24) is 5.32 Å². The fourth-order valence-electron chi connectivity index (χ4n) is 2.46. The number of nitrogens with two attached hydrogens (primary N) is 1. The van der Waals surface area contributed by atoms with Gasteiger partial charge in [0, 0.05) is 12.8 Å². The Hall–Kier alpha value is -2.83. The van der Waals surface area contributed by atoms with Gasteiger partial charge in [0.25, 0.3) is 0 Å². The van der Waals surface area contributed by atoms with E-state index in [1.807, 2.05) is 30.3 Å². The van der Waals surface area contributed by atoms with Crippen LogP contribution in [0, 0.1) is 0 Å². The Kier molecular flexibility index (Phi) is 6.38. The molecule has 0 aliphatic heterocycles. The van der Waals surface area contributed by atoms with Crippen LogP contribution in [0.5, 0.6) is 0 Å². The van der Waals surface area contributed by atoms with Crippen LogP contribution < -0.4 is 11.1 Å².